The Balaban J connectivity index is 1.86. The molecule has 0 spiro atoms. The summed E-state index contributed by atoms with van der Waals surface area (Å²) in [5.41, 5.74) is 0. The lowest BCUT2D eigenvalue weighted by atomic mass is 9.98. The maximum atomic E-state index is 12.5. The van der Waals surface area contributed by atoms with Gasteiger partial charge in [-0.3, -0.25) is 4.98 Å². The van der Waals surface area contributed by atoms with Crippen molar-refractivity contribution in [3.8, 4) is 0 Å². The fourth-order valence-electron chi connectivity index (χ4n) is 2.58. The SMILES string of the molecule is CC(C)CNCC1CCN(S(=O)(=O)c2cccnc2)CC1. The molecule has 6 heteroatoms. The molecule has 1 aromatic rings. The molecule has 1 N–H and O–H groups in total. The fourth-order valence-corrected chi connectivity index (χ4v) is 4.01. The highest BCUT2D eigenvalue weighted by atomic mass is 32.2. The third-order valence-electron chi connectivity index (χ3n) is 3.83. The molecule has 1 saturated heterocycles. The van der Waals surface area contributed by atoms with Crippen molar-refractivity contribution >= 4 is 10.0 Å². The number of rotatable bonds is 6. The van der Waals surface area contributed by atoms with Gasteiger partial charge in [0.05, 0.1) is 0 Å². The van der Waals surface area contributed by atoms with Crippen LogP contribution in [-0.4, -0.2) is 43.9 Å². The smallest absolute Gasteiger partial charge is 0.244 e. The zero-order chi connectivity index (χ0) is 15.3. The molecular formula is C15H25N3O2S. The van der Waals surface area contributed by atoms with E-state index in [0.717, 1.165) is 25.9 Å². The number of nitrogens with one attached hydrogen (secondary N) is 1. The van der Waals surface area contributed by atoms with Gasteiger partial charge in [-0.2, -0.15) is 4.31 Å². The monoisotopic (exact) mass is 311 g/mol. The molecule has 0 saturated carbocycles. The molecule has 0 amide bonds. The van der Waals surface area contributed by atoms with Crippen molar-refractivity contribution < 1.29 is 8.42 Å². The average molecular weight is 311 g/mol. The van der Waals surface area contributed by atoms with Gasteiger partial charge in [-0.05, 0) is 49.9 Å². The third kappa shape index (κ3) is 4.49. The summed E-state index contributed by atoms with van der Waals surface area (Å²) in [7, 11) is -3.37. The van der Waals surface area contributed by atoms with E-state index in [1.165, 1.54) is 6.20 Å². The molecule has 0 unspecified atom stereocenters. The van der Waals surface area contributed by atoms with Crippen molar-refractivity contribution in [2.45, 2.75) is 31.6 Å². The first-order valence-corrected chi connectivity index (χ1v) is 9.05. The molecule has 2 rings (SSSR count). The van der Waals surface area contributed by atoms with Crippen LogP contribution in [0.15, 0.2) is 29.4 Å². The van der Waals surface area contributed by atoms with Gasteiger partial charge >= 0.3 is 0 Å². The van der Waals surface area contributed by atoms with E-state index in [1.54, 1.807) is 22.6 Å². The Morgan fingerprint density at radius 3 is 2.67 bits per heavy atom. The summed E-state index contributed by atoms with van der Waals surface area (Å²) in [6, 6.07) is 3.27. The summed E-state index contributed by atoms with van der Waals surface area (Å²) in [5, 5.41) is 3.46. The topological polar surface area (TPSA) is 62.3 Å². The van der Waals surface area contributed by atoms with E-state index in [1.807, 2.05) is 0 Å². The van der Waals surface area contributed by atoms with Crippen LogP contribution in [0.3, 0.4) is 0 Å². The van der Waals surface area contributed by atoms with Gasteiger partial charge in [-0.25, -0.2) is 8.42 Å². The molecule has 1 aliphatic heterocycles. The molecule has 0 radical (unpaired) electrons. The summed E-state index contributed by atoms with van der Waals surface area (Å²) in [6.45, 7) is 7.59. The zero-order valence-electron chi connectivity index (χ0n) is 12.8. The van der Waals surface area contributed by atoms with E-state index < -0.39 is 10.0 Å². The highest BCUT2D eigenvalue weighted by Crippen LogP contribution is 2.22. The van der Waals surface area contributed by atoms with E-state index in [9.17, 15) is 8.42 Å². The second kappa shape index (κ2) is 7.33. The minimum atomic E-state index is -3.37. The van der Waals surface area contributed by atoms with E-state index in [4.69, 9.17) is 0 Å². The van der Waals surface area contributed by atoms with Gasteiger partial charge in [0, 0.05) is 25.5 Å². The van der Waals surface area contributed by atoms with Gasteiger partial charge in [0.2, 0.25) is 10.0 Å². The Bertz CT molecular complexity index is 523. The van der Waals surface area contributed by atoms with E-state index >= 15 is 0 Å². The summed E-state index contributed by atoms with van der Waals surface area (Å²) < 4.78 is 26.5. The van der Waals surface area contributed by atoms with Crippen LogP contribution in [0.25, 0.3) is 0 Å². The summed E-state index contributed by atoms with van der Waals surface area (Å²) in [5.74, 6) is 1.22. The van der Waals surface area contributed by atoms with Crippen LogP contribution in [0.2, 0.25) is 0 Å². The second-order valence-electron chi connectivity index (χ2n) is 6.09. The van der Waals surface area contributed by atoms with Crippen LogP contribution in [0.1, 0.15) is 26.7 Å². The van der Waals surface area contributed by atoms with E-state index in [2.05, 4.69) is 24.1 Å². The first kappa shape index (κ1) is 16.4. The summed E-state index contributed by atoms with van der Waals surface area (Å²) >= 11 is 0. The van der Waals surface area contributed by atoms with Crippen molar-refractivity contribution in [1.29, 1.82) is 0 Å². The predicted molar refractivity (Wildman–Crippen MR) is 83.4 cm³/mol. The molecule has 1 fully saturated rings. The molecule has 2 heterocycles. The minimum absolute atomic E-state index is 0.293. The van der Waals surface area contributed by atoms with E-state index in [-0.39, 0.29) is 0 Å². The highest BCUT2D eigenvalue weighted by molar-refractivity contribution is 7.89. The summed E-state index contributed by atoms with van der Waals surface area (Å²) in [4.78, 5) is 4.19. The molecule has 1 aliphatic rings. The number of aromatic nitrogens is 1. The normalized spacial score (nSPS) is 18.2. The first-order valence-electron chi connectivity index (χ1n) is 7.61. The Morgan fingerprint density at radius 1 is 1.38 bits per heavy atom. The lowest BCUT2D eigenvalue weighted by Crippen LogP contribution is -2.41. The van der Waals surface area contributed by atoms with Gasteiger partial charge in [-0.15, -0.1) is 0 Å². The van der Waals surface area contributed by atoms with Crippen LogP contribution < -0.4 is 5.32 Å². The Morgan fingerprint density at radius 2 is 2.10 bits per heavy atom. The average Bonchev–Trinajstić information content (AvgIpc) is 2.48. The molecule has 118 valence electrons. The molecule has 21 heavy (non-hydrogen) atoms. The van der Waals surface area contributed by atoms with Crippen molar-refractivity contribution in [1.82, 2.24) is 14.6 Å². The molecular weight excluding hydrogens is 286 g/mol. The van der Waals surface area contributed by atoms with Crippen LogP contribution in [-0.2, 0) is 10.0 Å². The number of sulfonamides is 1. The van der Waals surface area contributed by atoms with Crippen LogP contribution in [0.4, 0.5) is 0 Å². The highest BCUT2D eigenvalue weighted by Gasteiger charge is 2.29. The molecule has 1 aromatic heterocycles. The van der Waals surface area contributed by atoms with Crippen LogP contribution >= 0.6 is 0 Å². The molecule has 0 bridgehead atoms. The van der Waals surface area contributed by atoms with Crippen molar-refractivity contribution in [3.05, 3.63) is 24.5 Å². The van der Waals surface area contributed by atoms with Gasteiger partial charge in [0.1, 0.15) is 4.90 Å². The number of pyridine rings is 1. The lowest BCUT2D eigenvalue weighted by Gasteiger charge is -2.31. The number of piperidine rings is 1. The molecule has 5 nitrogen and oxygen atoms in total. The van der Waals surface area contributed by atoms with Gasteiger partial charge < -0.3 is 5.32 Å². The molecule has 0 atom stereocenters. The summed E-state index contributed by atoms with van der Waals surface area (Å²) in [6.07, 6.45) is 4.85. The first-order chi connectivity index (χ1) is 10.00. The maximum Gasteiger partial charge on any atom is 0.244 e. The Kier molecular flexibility index (Phi) is 5.72. The maximum absolute atomic E-state index is 12.5. The Hall–Kier alpha value is -0.980. The number of hydrogen-bond acceptors (Lipinski definition) is 4. The van der Waals surface area contributed by atoms with Crippen molar-refractivity contribution in [3.63, 3.8) is 0 Å². The Labute approximate surface area is 127 Å². The van der Waals surface area contributed by atoms with Crippen LogP contribution in [0, 0.1) is 11.8 Å². The molecule has 0 aliphatic carbocycles. The number of nitrogens with zero attached hydrogens (tertiary/aromatic N) is 2. The lowest BCUT2D eigenvalue weighted by molar-refractivity contribution is 0.265. The van der Waals surface area contributed by atoms with Gasteiger partial charge in [0.25, 0.3) is 0 Å². The largest absolute Gasteiger partial charge is 0.316 e. The van der Waals surface area contributed by atoms with Crippen LogP contribution in [0.5, 0.6) is 0 Å². The minimum Gasteiger partial charge on any atom is -0.316 e. The fraction of sp³-hybridized carbons (Fsp3) is 0.667. The van der Waals surface area contributed by atoms with Gasteiger partial charge in [0.15, 0.2) is 0 Å². The quantitative estimate of drug-likeness (QED) is 0.869. The van der Waals surface area contributed by atoms with Gasteiger partial charge in [-0.1, -0.05) is 13.8 Å². The predicted octanol–water partition coefficient (Wildman–Crippen LogP) is 1.73. The molecule has 0 aromatic carbocycles. The van der Waals surface area contributed by atoms with E-state index in [0.29, 0.717) is 29.8 Å². The zero-order valence-corrected chi connectivity index (χ0v) is 13.6. The van der Waals surface area contributed by atoms with Crippen molar-refractivity contribution in [2.75, 3.05) is 26.2 Å². The van der Waals surface area contributed by atoms with Crippen molar-refractivity contribution in [2.24, 2.45) is 11.8 Å². The second-order valence-corrected chi connectivity index (χ2v) is 8.03. The number of hydrogen-bond donors (Lipinski definition) is 1. The third-order valence-corrected chi connectivity index (χ3v) is 5.71. The standard InChI is InChI=1S/C15H25N3O2S/c1-13(2)10-17-11-14-5-8-18(9-6-14)21(19,20)15-4-3-7-16-12-15/h3-4,7,12-14,17H,5-6,8-11H2,1-2H3.